The highest BCUT2D eigenvalue weighted by molar-refractivity contribution is 9.10. The standard InChI is InChI=1S/C17H22BrN3/c1-4-19-11-15-7-10-17(20-13(15)2)21(3)12-14-5-8-16(18)9-6-14/h5-10,19H,4,11-12H2,1-3H3. The number of rotatable bonds is 6. The third-order valence-electron chi connectivity index (χ3n) is 3.47. The summed E-state index contributed by atoms with van der Waals surface area (Å²) in [5, 5.41) is 3.34. The summed E-state index contributed by atoms with van der Waals surface area (Å²) < 4.78 is 1.11. The first-order valence-corrected chi connectivity index (χ1v) is 8.02. The van der Waals surface area contributed by atoms with Gasteiger partial charge in [-0.1, -0.05) is 41.1 Å². The Morgan fingerprint density at radius 3 is 2.48 bits per heavy atom. The number of aromatic nitrogens is 1. The molecule has 0 radical (unpaired) electrons. The summed E-state index contributed by atoms with van der Waals surface area (Å²) in [5.41, 5.74) is 3.63. The molecule has 0 aliphatic rings. The maximum absolute atomic E-state index is 4.72. The van der Waals surface area contributed by atoms with E-state index < -0.39 is 0 Å². The fourth-order valence-corrected chi connectivity index (χ4v) is 2.44. The molecule has 1 aromatic carbocycles. The monoisotopic (exact) mass is 347 g/mol. The van der Waals surface area contributed by atoms with E-state index in [-0.39, 0.29) is 0 Å². The van der Waals surface area contributed by atoms with Crippen LogP contribution in [-0.4, -0.2) is 18.6 Å². The van der Waals surface area contributed by atoms with Gasteiger partial charge in [0.15, 0.2) is 0 Å². The van der Waals surface area contributed by atoms with Crippen LogP contribution in [0.5, 0.6) is 0 Å². The third kappa shape index (κ3) is 4.55. The number of benzene rings is 1. The molecule has 21 heavy (non-hydrogen) atoms. The number of pyridine rings is 1. The van der Waals surface area contributed by atoms with Gasteiger partial charge in [0.2, 0.25) is 0 Å². The summed E-state index contributed by atoms with van der Waals surface area (Å²) in [7, 11) is 2.08. The summed E-state index contributed by atoms with van der Waals surface area (Å²) >= 11 is 3.46. The second-order valence-electron chi connectivity index (χ2n) is 5.18. The lowest BCUT2D eigenvalue weighted by Gasteiger charge is -2.19. The summed E-state index contributed by atoms with van der Waals surface area (Å²) in [4.78, 5) is 6.89. The average Bonchev–Trinajstić information content (AvgIpc) is 2.48. The van der Waals surface area contributed by atoms with Gasteiger partial charge in [-0.25, -0.2) is 4.98 Å². The lowest BCUT2D eigenvalue weighted by atomic mass is 10.2. The van der Waals surface area contributed by atoms with Crippen LogP contribution in [0.25, 0.3) is 0 Å². The Morgan fingerprint density at radius 1 is 1.14 bits per heavy atom. The summed E-state index contributed by atoms with van der Waals surface area (Å²) in [6, 6.07) is 12.7. The zero-order valence-corrected chi connectivity index (χ0v) is 14.4. The van der Waals surface area contributed by atoms with Crippen LogP contribution >= 0.6 is 15.9 Å². The molecule has 0 spiro atoms. The topological polar surface area (TPSA) is 28.2 Å². The molecular weight excluding hydrogens is 326 g/mol. The Balaban J connectivity index is 2.06. The maximum atomic E-state index is 4.72. The van der Waals surface area contributed by atoms with Gasteiger partial charge in [-0.2, -0.15) is 0 Å². The maximum Gasteiger partial charge on any atom is 0.128 e. The van der Waals surface area contributed by atoms with Crippen LogP contribution < -0.4 is 10.2 Å². The molecule has 0 fully saturated rings. The van der Waals surface area contributed by atoms with Crippen molar-refractivity contribution in [1.29, 1.82) is 0 Å². The van der Waals surface area contributed by atoms with E-state index in [0.29, 0.717) is 0 Å². The van der Waals surface area contributed by atoms with Crippen LogP contribution in [0.3, 0.4) is 0 Å². The molecule has 0 bridgehead atoms. The molecule has 1 heterocycles. The number of halogens is 1. The van der Waals surface area contributed by atoms with Crippen LogP contribution in [-0.2, 0) is 13.1 Å². The SMILES string of the molecule is CCNCc1ccc(N(C)Cc2ccc(Br)cc2)nc1C. The van der Waals surface area contributed by atoms with Crippen molar-refractivity contribution in [3.8, 4) is 0 Å². The number of hydrogen-bond donors (Lipinski definition) is 1. The number of anilines is 1. The largest absolute Gasteiger partial charge is 0.355 e. The van der Waals surface area contributed by atoms with Crippen molar-refractivity contribution in [3.05, 3.63) is 57.7 Å². The van der Waals surface area contributed by atoms with Crippen LogP contribution in [0.15, 0.2) is 40.9 Å². The van der Waals surface area contributed by atoms with Gasteiger partial charge in [0.05, 0.1) is 0 Å². The Hall–Kier alpha value is -1.39. The molecule has 0 unspecified atom stereocenters. The Labute approximate surface area is 135 Å². The molecule has 0 saturated heterocycles. The fraction of sp³-hybridized carbons (Fsp3) is 0.353. The van der Waals surface area contributed by atoms with E-state index in [1.807, 2.05) is 0 Å². The van der Waals surface area contributed by atoms with Gasteiger partial charge in [0.1, 0.15) is 5.82 Å². The highest BCUT2D eigenvalue weighted by Crippen LogP contribution is 2.17. The summed E-state index contributed by atoms with van der Waals surface area (Å²) in [6.45, 7) is 6.90. The van der Waals surface area contributed by atoms with Crippen molar-refractivity contribution in [2.45, 2.75) is 26.9 Å². The molecule has 0 aliphatic heterocycles. The number of nitrogens with zero attached hydrogens (tertiary/aromatic N) is 2. The molecule has 1 aromatic heterocycles. The minimum atomic E-state index is 0.853. The Morgan fingerprint density at radius 2 is 1.86 bits per heavy atom. The van der Waals surface area contributed by atoms with E-state index in [4.69, 9.17) is 4.98 Å². The van der Waals surface area contributed by atoms with Gasteiger partial charge < -0.3 is 10.2 Å². The molecule has 0 amide bonds. The van der Waals surface area contributed by atoms with Gasteiger partial charge in [0, 0.05) is 30.3 Å². The van der Waals surface area contributed by atoms with Crippen LogP contribution in [0.4, 0.5) is 5.82 Å². The molecule has 0 atom stereocenters. The van der Waals surface area contributed by atoms with Crippen LogP contribution in [0, 0.1) is 6.92 Å². The highest BCUT2D eigenvalue weighted by Gasteiger charge is 2.06. The lowest BCUT2D eigenvalue weighted by Crippen LogP contribution is -2.19. The molecule has 2 rings (SSSR count). The van der Waals surface area contributed by atoms with E-state index in [9.17, 15) is 0 Å². The lowest BCUT2D eigenvalue weighted by molar-refractivity contribution is 0.719. The first-order valence-electron chi connectivity index (χ1n) is 7.23. The minimum Gasteiger partial charge on any atom is -0.355 e. The van der Waals surface area contributed by atoms with Crippen molar-refractivity contribution in [1.82, 2.24) is 10.3 Å². The van der Waals surface area contributed by atoms with Crippen LogP contribution in [0.1, 0.15) is 23.7 Å². The zero-order chi connectivity index (χ0) is 15.2. The van der Waals surface area contributed by atoms with Gasteiger partial charge in [0.25, 0.3) is 0 Å². The van der Waals surface area contributed by atoms with Gasteiger partial charge in [-0.05, 0) is 42.8 Å². The number of nitrogens with one attached hydrogen (secondary N) is 1. The van der Waals surface area contributed by atoms with E-state index in [1.54, 1.807) is 0 Å². The van der Waals surface area contributed by atoms with E-state index >= 15 is 0 Å². The highest BCUT2D eigenvalue weighted by atomic mass is 79.9. The van der Waals surface area contributed by atoms with E-state index in [1.165, 1.54) is 11.1 Å². The van der Waals surface area contributed by atoms with Crippen molar-refractivity contribution in [2.75, 3.05) is 18.5 Å². The van der Waals surface area contributed by atoms with Crippen molar-refractivity contribution in [3.63, 3.8) is 0 Å². The first kappa shape index (κ1) is 16.0. The molecule has 112 valence electrons. The molecule has 2 aromatic rings. The zero-order valence-electron chi connectivity index (χ0n) is 12.9. The quantitative estimate of drug-likeness (QED) is 0.858. The van der Waals surface area contributed by atoms with Crippen LogP contribution in [0.2, 0.25) is 0 Å². The Bertz CT molecular complexity index is 581. The molecular formula is C17H22BrN3. The fourth-order valence-electron chi connectivity index (χ4n) is 2.18. The second-order valence-corrected chi connectivity index (χ2v) is 6.09. The summed E-state index contributed by atoms with van der Waals surface area (Å²) in [5.74, 6) is 1.01. The summed E-state index contributed by atoms with van der Waals surface area (Å²) in [6.07, 6.45) is 0. The predicted molar refractivity (Wildman–Crippen MR) is 92.6 cm³/mol. The molecule has 3 nitrogen and oxygen atoms in total. The number of aryl methyl sites for hydroxylation is 1. The molecule has 4 heteroatoms. The molecule has 0 aliphatic carbocycles. The van der Waals surface area contributed by atoms with Crippen molar-refractivity contribution >= 4 is 21.7 Å². The van der Waals surface area contributed by atoms with Gasteiger partial charge in [-0.3, -0.25) is 0 Å². The predicted octanol–water partition coefficient (Wildman–Crippen LogP) is 3.90. The van der Waals surface area contributed by atoms with Gasteiger partial charge >= 0.3 is 0 Å². The third-order valence-corrected chi connectivity index (χ3v) is 4.00. The van der Waals surface area contributed by atoms with E-state index in [2.05, 4.69) is 83.4 Å². The van der Waals surface area contributed by atoms with Gasteiger partial charge in [-0.15, -0.1) is 0 Å². The Kier molecular flexibility index (Phi) is 5.76. The first-order chi connectivity index (χ1) is 10.1. The molecule has 1 N–H and O–H groups in total. The normalized spacial score (nSPS) is 10.7. The minimum absolute atomic E-state index is 0.853. The average molecular weight is 348 g/mol. The number of hydrogen-bond acceptors (Lipinski definition) is 3. The second kappa shape index (κ2) is 7.57. The van der Waals surface area contributed by atoms with E-state index in [0.717, 1.165) is 35.6 Å². The van der Waals surface area contributed by atoms with Crippen molar-refractivity contribution < 1.29 is 0 Å². The molecule has 0 saturated carbocycles. The van der Waals surface area contributed by atoms with Crippen molar-refractivity contribution in [2.24, 2.45) is 0 Å². The smallest absolute Gasteiger partial charge is 0.128 e.